The number of hydrazine groups is 1. The summed E-state index contributed by atoms with van der Waals surface area (Å²) in [6.07, 6.45) is 3.19. The van der Waals surface area contributed by atoms with Crippen LogP contribution in [-0.4, -0.2) is 32.9 Å². The second-order valence-electron chi connectivity index (χ2n) is 8.63. The Morgan fingerprint density at radius 2 is 1.48 bits per heavy atom. The number of carbonyl (C=O) groups excluding carboxylic acids is 2. The van der Waals surface area contributed by atoms with Gasteiger partial charge in [-0.15, -0.1) is 0 Å². The third-order valence-electron chi connectivity index (χ3n) is 6.07. The average molecular weight is 528 g/mol. The molecule has 0 aliphatic carbocycles. The van der Waals surface area contributed by atoms with Crippen LogP contribution in [0.5, 0.6) is 0 Å². The SMILES string of the molecule is NNC(=O)c1cc(-c2ccc(C#Cc3ccc(C(=O)Nc4ccccc4C(=O)O)cc3)cc2)nc2ccncc12. The molecule has 3 aromatic carbocycles. The molecule has 0 saturated heterocycles. The molecule has 5 N–H and O–H groups in total. The number of nitrogens with zero attached hydrogens (tertiary/aromatic N) is 2. The third kappa shape index (κ3) is 5.52. The molecule has 0 bridgehead atoms. The summed E-state index contributed by atoms with van der Waals surface area (Å²) in [5.74, 6) is 9.54. The highest BCUT2D eigenvalue weighted by Gasteiger charge is 2.14. The molecule has 2 aromatic heterocycles. The van der Waals surface area contributed by atoms with Crippen LogP contribution in [0.1, 0.15) is 42.2 Å². The zero-order chi connectivity index (χ0) is 28.1. The second-order valence-corrected chi connectivity index (χ2v) is 8.63. The van der Waals surface area contributed by atoms with Crippen LogP contribution in [0, 0.1) is 11.8 Å². The lowest BCUT2D eigenvalue weighted by Gasteiger charge is -2.08. The van der Waals surface area contributed by atoms with E-state index >= 15 is 0 Å². The first kappa shape index (κ1) is 25.8. The van der Waals surface area contributed by atoms with E-state index in [4.69, 9.17) is 5.84 Å². The zero-order valence-corrected chi connectivity index (χ0v) is 20.9. The quantitative estimate of drug-likeness (QED) is 0.116. The fraction of sp³-hybridized carbons (Fsp3) is 0. The first-order valence-electron chi connectivity index (χ1n) is 12.0. The van der Waals surface area contributed by atoms with Gasteiger partial charge in [-0.1, -0.05) is 36.1 Å². The Labute approximate surface area is 228 Å². The van der Waals surface area contributed by atoms with Gasteiger partial charge in [0.25, 0.3) is 11.8 Å². The summed E-state index contributed by atoms with van der Waals surface area (Å²) in [4.78, 5) is 45.0. The molecule has 2 heterocycles. The van der Waals surface area contributed by atoms with Crippen LogP contribution in [0.4, 0.5) is 5.69 Å². The van der Waals surface area contributed by atoms with Gasteiger partial charge in [-0.05, 0) is 60.7 Å². The second kappa shape index (κ2) is 11.3. The number of nitrogen functional groups attached to an aromatic ring is 1. The predicted octanol–water partition coefficient (Wildman–Crippen LogP) is 4.25. The predicted molar refractivity (Wildman–Crippen MR) is 150 cm³/mol. The van der Waals surface area contributed by atoms with Crippen LogP contribution in [0.15, 0.2) is 97.3 Å². The number of carbonyl (C=O) groups is 3. The number of nitrogens with one attached hydrogen (secondary N) is 2. The molecule has 0 fully saturated rings. The summed E-state index contributed by atoms with van der Waals surface area (Å²) in [5.41, 5.74) is 6.65. The lowest BCUT2D eigenvalue weighted by atomic mass is 10.0. The first-order chi connectivity index (χ1) is 19.4. The summed E-state index contributed by atoms with van der Waals surface area (Å²) in [5, 5.41) is 12.5. The number of aromatic carboxylic acids is 1. The molecule has 9 heteroatoms. The van der Waals surface area contributed by atoms with E-state index in [1.54, 1.807) is 60.9 Å². The van der Waals surface area contributed by atoms with E-state index in [-0.39, 0.29) is 11.3 Å². The molecule has 194 valence electrons. The Hall–Kier alpha value is -5.85. The summed E-state index contributed by atoms with van der Waals surface area (Å²) in [7, 11) is 0. The summed E-state index contributed by atoms with van der Waals surface area (Å²) in [6, 6.07) is 23.7. The van der Waals surface area contributed by atoms with Gasteiger partial charge in [0.15, 0.2) is 0 Å². The van der Waals surface area contributed by atoms with Crippen molar-refractivity contribution in [2.24, 2.45) is 5.84 Å². The Kier molecular flexibility index (Phi) is 7.26. The molecule has 5 rings (SSSR count). The molecular formula is C31H21N5O4. The monoisotopic (exact) mass is 527 g/mol. The zero-order valence-electron chi connectivity index (χ0n) is 20.9. The number of carboxylic acids is 1. The smallest absolute Gasteiger partial charge is 0.337 e. The van der Waals surface area contributed by atoms with Crippen LogP contribution in [-0.2, 0) is 0 Å². The fourth-order valence-electron chi connectivity index (χ4n) is 4.03. The van der Waals surface area contributed by atoms with Crippen molar-refractivity contribution in [3.8, 4) is 23.1 Å². The van der Waals surface area contributed by atoms with E-state index in [1.165, 1.54) is 12.1 Å². The van der Waals surface area contributed by atoms with Gasteiger partial charge in [0.2, 0.25) is 0 Å². The van der Waals surface area contributed by atoms with Crippen molar-refractivity contribution in [3.05, 3.63) is 125 Å². The number of hydrogen-bond acceptors (Lipinski definition) is 6. The van der Waals surface area contributed by atoms with Crippen molar-refractivity contribution in [3.63, 3.8) is 0 Å². The highest BCUT2D eigenvalue weighted by molar-refractivity contribution is 6.08. The van der Waals surface area contributed by atoms with Gasteiger partial charge in [0, 0.05) is 40.0 Å². The van der Waals surface area contributed by atoms with Gasteiger partial charge in [-0.2, -0.15) is 0 Å². The number of nitrogens with two attached hydrogens (primary N) is 1. The fourth-order valence-corrected chi connectivity index (χ4v) is 4.03. The average Bonchev–Trinajstić information content (AvgIpc) is 2.99. The lowest BCUT2D eigenvalue weighted by molar-refractivity contribution is 0.0697. The number of rotatable bonds is 5. The number of para-hydroxylation sites is 1. The maximum absolute atomic E-state index is 12.6. The molecule has 5 aromatic rings. The van der Waals surface area contributed by atoms with Gasteiger partial charge < -0.3 is 10.4 Å². The summed E-state index contributed by atoms with van der Waals surface area (Å²) >= 11 is 0. The minimum atomic E-state index is -1.12. The molecular weight excluding hydrogens is 506 g/mol. The van der Waals surface area contributed by atoms with E-state index in [1.807, 2.05) is 24.3 Å². The van der Waals surface area contributed by atoms with Gasteiger partial charge in [-0.25, -0.2) is 15.6 Å². The highest BCUT2D eigenvalue weighted by Crippen LogP contribution is 2.25. The Morgan fingerprint density at radius 3 is 2.15 bits per heavy atom. The van der Waals surface area contributed by atoms with E-state index in [0.717, 1.165) is 11.1 Å². The standard InChI is InChI=1S/C31H21N5O4/c32-36-30(38)24-17-28(34-27-15-16-33-18-25(24)27)21-11-7-19(8-12-21)5-6-20-9-13-22(14-10-20)29(37)35-26-4-2-1-3-23(26)31(39)40/h1-4,7-18H,32H2,(H,35,37)(H,36,38)(H,39,40). The topological polar surface area (TPSA) is 147 Å². The Balaban J connectivity index is 1.31. The van der Waals surface area contributed by atoms with E-state index in [9.17, 15) is 19.5 Å². The number of anilines is 1. The minimum Gasteiger partial charge on any atom is -0.478 e. The highest BCUT2D eigenvalue weighted by atomic mass is 16.4. The molecule has 0 aliphatic rings. The maximum Gasteiger partial charge on any atom is 0.337 e. The Morgan fingerprint density at radius 1 is 0.800 bits per heavy atom. The van der Waals surface area contributed by atoms with E-state index in [2.05, 4.69) is 32.6 Å². The number of hydrogen-bond donors (Lipinski definition) is 4. The number of amides is 2. The normalized spacial score (nSPS) is 10.3. The molecule has 0 spiro atoms. The van der Waals surface area contributed by atoms with Crippen molar-refractivity contribution in [1.82, 2.24) is 15.4 Å². The Bertz CT molecular complexity index is 1820. The number of fused-ring (bicyclic) bond motifs is 1. The molecule has 0 radical (unpaired) electrons. The van der Waals surface area contributed by atoms with Crippen molar-refractivity contribution in [2.75, 3.05) is 5.32 Å². The van der Waals surface area contributed by atoms with Gasteiger partial charge >= 0.3 is 5.97 Å². The number of carboxylic acid groups (broad SMARTS) is 1. The van der Waals surface area contributed by atoms with Crippen LogP contribution >= 0.6 is 0 Å². The van der Waals surface area contributed by atoms with E-state index in [0.29, 0.717) is 33.3 Å². The molecule has 9 nitrogen and oxygen atoms in total. The van der Waals surface area contributed by atoms with Crippen molar-refractivity contribution < 1.29 is 19.5 Å². The molecule has 0 aliphatic heterocycles. The van der Waals surface area contributed by atoms with Gasteiger partial charge in [-0.3, -0.25) is 20.0 Å². The summed E-state index contributed by atoms with van der Waals surface area (Å²) in [6.45, 7) is 0. The molecule has 0 atom stereocenters. The minimum absolute atomic E-state index is 0.0135. The molecule has 0 unspecified atom stereocenters. The number of aromatic nitrogens is 2. The molecule has 2 amide bonds. The molecule has 40 heavy (non-hydrogen) atoms. The van der Waals surface area contributed by atoms with Crippen molar-refractivity contribution in [1.29, 1.82) is 0 Å². The number of pyridine rings is 2. The van der Waals surface area contributed by atoms with Crippen LogP contribution in [0.2, 0.25) is 0 Å². The van der Waals surface area contributed by atoms with Crippen molar-refractivity contribution in [2.45, 2.75) is 0 Å². The first-order valence-corrected chi connectivity index (χ1v) is 12.0. The maximum atomic E-state index is 12.6. The number of benzene rings is 3. The molecule has 0 saturated carbocycles. The lowest BCUT2D eigenvalue weighted by Crippen LogP contribution is -2.30. The van der Waals surface area contributed by atoms with E-state index < -0.39 is 17.8 Å². The summed E-state index contributed by atoms with van der Waals surface area (Å²) < 4.78 is 0. The van der Waals surface area contributed by atoms with Crippen LogP contribution in [0.3, 0.4) is 0 Å². The third-order valence-corrected chi connectivity index (χ3v) is 6.07. The van der Waals surface area contributed by atoms with Crippen LogP contribution in [0.25, 0.3) is 22.2 Å². The van der Waals surface area contributed by atoms with Crippen molar-refractivity contribution >= 4 is 34.4 Å². The van der Waals surface area contributed by atoms with Gasteiger partial charge in [0.1, 0.15) is 0 Å². The van der Waals surface area contributed by atoms with Gasteiger partial charge in [0.05, 0.1) is 28.0 Å². The van der Waals surface area contributed by atoms with Crippen LogP contribution < -0.4 is 16.6 Å². The largest absolute Gasteiger partial charge is 0.478 e.